The van der Waals surface area contributed by atoms with Crippen LogP contribution >= 0.6 is 0 Å². The van der Waals surface area contributed by atoms with E-state index < -0.39 is 12.1 Å². The molecule has 0 heterocycles. The Hall–Kier alpha value is -1.14. The Morgan fingerprint density at radius 2 is 2.00 bits per heavy atom. The lowest BCUT2D eigenvalue weighted by Crippen LogP contribution is -2.38. The minimum Gasteiger partial charge on any atom is -0.271 e. The predicted molar refractivity (Wildman–Crippen MR) is 72.7 cm³/mol. The summed E-state index contributed by atoms with van der Waals surface area (Å²) in [6, 6.07) is 3.92. The zero-order chi connectivity index (χ0) is 15.6. The van der Waals surface area contributed by atoms with E-state index >= 15 is 0 Å². The number of halogens is 4. The molecule has 3 atom stereocenters. The van der Waals surface area contributed by atoms with E-state index in [9.17, 15) is 17.6 Å². The molecule has 1 aliphatic rings. The fourth-order valence-corrected chi connectivity index (χ4v) is 3.30. The molecule has 1 saturated carbocycles. The number of aryl methyl sites for hydroxylation is 1. The van der Waals surface area contributed by atoms with Crippen LogP contribution in [-0.4, -0.2) is 6.18 Å². The van der Waals surface area contributed by atoms with Crippen LogP contribution in [0.3, 0.4) is 0 Å². The molecule has 21 heavy (non-hydrogen) atoms. The minimum atomic E-state index is -4.16. The van der Waals surface area contributed by atoms with Crippen LogP contribution in [0.5, 0.6) is 0 Å². The molecular formula is C15H20F4N2. The van der Waals surface area contributed by atoms with Crippen molar-refractivity contribution in [1.82, 2.24) is 5.43 Å². The molecule has 0 saturated heterocycles. The fraction of sp³-hybridized carbons (Fsp3) is 0.600. The molecule has 3 N–H and O–H groups in total. The summed E-state index contributed by atoms with van der Waals surface area (Å²) in [6.45, 7) is 1.74. The van der Waals surface area contributed by atoms with E-state index in [-0.39, 0.29) is 30.6 Å². The van der Waals surface area contributed by atoms with Crippen molar-refractivity contribution in [3.8, 4) is 0 Å². The van der Waals surface area contributed by atoms with Crippen molar-refractivity contribution in [2.75, 3.05) is 0 Å². The van der Waals surface area contributed by atoms with E-state index in [0.717, 1.165) is 5.56 Å². The molecule has 0 bridgehead atoms. The lowest BCUT2D eigenvalue weighted by molar-refractivity contribution is -0.186. The van der Waals surface area contributed by atoms with E-state index in [4.69, 9.17) is 5.84 Å². The van der Waals surface area contributed by atoms with Gasteiger partial charge in [0.1, 0.15) is 5.82 Å². The number of nitrogens with two attached hydrogens (primary N) is 1. The van der Waals surface area contributed by atoms with Gasteiger partial charge in [0.25, 0.3) is 0 Å². The molecule has 1 aliphatic carbocycles. The lowest BCUT2D eigenvalue weighted by Gasteiger charge is -2.35. The van der Waals surface area contributed by atoms with Gasteiger partial charge in [-0.15, -0.1) is 0 Å². The van der Waals surface area contributed by atoms with Crippen molar-refractivity contribution in [3.05, 3.63) is 35.1 Å². The highest BCUT2D eigenvalue weighted by atomic mass is 19.4. The molecule has 0 radical (unpaired) electrons. The van der Waals surface area contributed by atoms with Gasteiger partial charge >= 0.3 is 6.18 Å². The number of hydrogen-bond donors (Lipinski definition) is 2. The van der Waals surface area contributed by atoms with Gasteiger partial charge in [-0.1, -0.05) is 12.5 Å². The highest BCUT2D eigenvalue weighted by molar-refractivity contribution is 5.30. The Morgan fingerprint density at radius 1 is 1.29 bits per heavy atom. The van der Waals surface area contributed by atoms with Gasteiger partial charge in [-0.25, -0.2) is 4.39 Å². The Bertz CT molecular complexity index is 487. The second-order valence-electron chi connectivity index (χ2n) is 5.81. The third kappa shape index (κ3) is 3.74. The second-order valence-corrected chi connectivity index (χ2v) is 5.81. The zero-order valence-corrected chi connectivity index (χ0v) is 11.9. The quantitative estimate of drug-likeness (QED) is 0.503. The van der Waals surface area contributed by atoms with E-state index in [1.165, 1.54) is 12.1 Å². The zero-order valence-electron chi connectivity index (χ0n) is 11.9. The molecule has 0 aromatic heterocycles. The van der Waals surface area contributed by atoms with Crippen molar-refractivity contribution in [2.45, 2.75) is 44.8 Å². The number of benzene rings is 1. The fourth-order valence-electron chi connectivity index (χ4n) is 3.30. The first kappa shape index (κ1) is 16.2. The molecular weight excluding hydrogens is 284 g/mol. The lowest BCUT2D eigenvalue weighted by atomic mass is 9.75. The number of alkyl halides is 3. The Morgan fingerprint density at radius 3 is 2.57 bits per heavy atom. The van der Waals surface area contributed by atoms with Crippen LogP contribution in [0, 0.1) is 24.6 Å². The van der Waals surface area contributed by atoms with Gasteiger partial charge in [0.05, 0.1) is 5.92 Å². The molecule has 1 aromatic carbocycles. The molecule has 2 nitrogen and oxygen atoms in total. The van der Waals surface area contributed by atoms with E-state index in [1.807, 2.05) is 0 Å². The van der Waals surface area contributed by atoms with E-state index in [2.05, 4.69) is 5.43 Å². The van der Waals surface area contributed by atoms with E-state index in [0.29, 0.717) is 18.4 Å². The second kappa shape index (κ2) is 6.32. The maximum absolute atomic E-state index is 13.2. The van der Waals surface area contributed by atoms with Gasteiger partial charge in [-0.05, 0) is 55.4 Å². The molecule has 118 valence electrons. The van der Waals surface area contributed by atoms with Crippen LogP contribution in [0.25, 0.3) is 0 Å². The summed E-state index contributed by atoms with van der Waals surface area (Å²) in [5.41, 5.74) is 4.10. The average molecular weight is 304 g/mol. The largest absolute Gasteiger partial charge is 0.391 e. The summed E-state index contributed by atoms with van der Waals surface area (Å²) in [6.07, 6.45) is -2.68. The number of nitrogens with one attached hydrogen (secondary N) is 1. The molecule has 3 unspecified atom stereocenters. The molecule has 2 rings (SSSR count). The summed E-state index contributed by atoms with van der Waals surface area (Å²) in [5, 5.41) is 0. The summed E-state index contributed by atoms with van der Waals surface area (Å²) in [7, 11) is 0. The standard InChI is InChI=1S/C15H20F4N2/c1-9-7-12(16)5-6-13(9)14(21-20)10-3-2-4-11(8-10)15(17,18)19/h5-7,10-11,14,21H,2-4,8,20H2,1H3. The highest BCUT2D eigenvalue weighted by Crippen LogP contribution is 2.44. The van der Waals surface area contributed by atoms with Gasteiger partial charge in [0.15, 0.2) is 0 Å². The molecule has 1 aromatic rings. The molecule has 0 aliphatic heterocycles. The third-order valence-corrected chi connectivity index (χ3v) is 4.40. The van der Waals surface area contributed by atoms with Crippen molar-refractivity contribution in [2.24, 2.45) is 17.7 Å². The maximum Gasteiger partial charge on any atom is 0.391 e. The highest BCUT2D eigenvalue weighted by Gasteiger charge is 2.43. The Balaban J connectivity index is 2.20. The SMILES string of the molecule is Cc1cc(F)ccc1C(NN)C1CCCC(C(F)(F)F)C1. The third-order valence-electron chi connectivity index (χ3n) is 4.40. The summed E-state index contributed by atoms with van der Waals surface area (Å²) < 4.78 is 51.9. The van der Waals surface area contributed by atoms with Crippen molar-refractivity contribution < 1.29 is 17.6 Å². The molecule has 0 spiro atoms. The summed E-state index contributed by atoms with van der Waals surface area (Å²) in [4.78, 5) is 0. The Labute approximate surface area is 121 Å². The molecule has 0 amide bonds. The van der Waals surface area contributed by atoms with Gasteiger partial charge in [-0.2, -0.15) is 13.2 Å². The molecule has 1 fully saturated rings. The first-order chi connectivity index (χ1) is 9.82. The van der Waals surface area contributed by atoms with Gasteiger partial charge in [0.2, 0.25) is 0 Å². The van der Waals surface area contributed by atoms with Crippen LogP contribution in [0.1, 0.15) is 42.9 Å². The molecule has 6 heteroatoms. The van der Waals surface area contributed by atoms with Gasteiger partial charge in [0, 0.05) is 6.04 Å². The van der Waals surface area contributed by atoms with Crippen LogP contribution in [0.15, 0.2) is 18.2 Å². The van der Waals surface area contributed by atoms with Crippen molar-refractivity contribution >= 4 is 0 Å². The van der Waals surface area contributed by atoms with Crippen LogP contribution in [0.2, 0.25) is 0 Å². The minimum absolute atomic E-state index is 0.0647. The first-order valence-electron chi connectivity index (χ1n) is 7.11. The number of hydrazine groups is 1. The van der Waals surface area contributed by atoms with Crippen LogP contribution in [-0.2, 0) is 0 Å². The van der Waals surface area contributed by atoms with Gasteiger partial charge < -0.3 is 0 Å². The van der Waals surface area contributed by atoms with Crippen LogP contribution in [0.4, 0.5) is 17.6 Å². The first-order valence-corrected chi connectivity index (χ1v) is 7.11. The number of hydrogen-bond acceptors (Lipinski definition) is 2. The van der Waals surface area contributed by atoms with Crippen LogP contribution < -0.4 is 11.3 Å². The van der Waals surface area contributed by atoms with Crippen molar-refractivity contribution in [1.29, 1.82) is 0 Å². The normalized spacial score (nSPS) is 24.9. The average Bonchev–Trinajstić information content (AvgIpc) is 2.41. The maximum atomic E-state index is 13.2. The number of rotatable bonds is 3. The monoisotopic (exact) mass is 304 g/mol. The van der Waals surface area contributed by atoms with Gasteiger partial charge in [-0.3, -0.25) is 11.3 Å². The summed E-state index contributed by atoms with van der Waals surface area (Å²) in [5.74, 6) is 3.75. The summed E-state index contributed by atoms with van der Waals surface area (Å²) >= 11 is 0. The predicted octanol–water partition coefficient (Wildman–Crippen LogP) is 4.01. The Kier molecular flexibility index (Phi) is 4.88. The topological polar surface area (TPSA) is 38.0 Å². The van der Waals surface area contributed by atoms with Crippen molar-refractivity contribution in [3.63, 3.8) is 0 Å². The van der Waals surface area contributed by atoms with E-state index in [1.54, 1.807) is 13.0 Å². The smallest absolute Gasteiger partial charge is 0.271 e.